The van der Waals surface area contributed by atoms with Gasteiger partial charge in [-0.2, -0.15) is 0 Å². The van der Waals surface area contributed by atoms with E-state index >= 15 is 0 Å². The zero-order valence-electron chi connectivity index (χ0n) is 42.5. The molecule has 0 aromatic heterocycles. The lowest BCUT2D eigenvalue weighted by molar-refractivity contribution is 0.590. The van der Waals surface area contributed by atoms with Gasteiger partial charge in [-0.05, 0) is 127 Å². The van der Waals surface area contributed by atoms with Crippen LogP contribution in [0.1, 0.15) is 128 Å². The molecule has 2 heteroatoms. The molecule has 0 saturated heterocycles. The second kappa shape index (κ2) is 19.0. The molecule has 0 aliphatic rings. The van der Waals surface area contributed by atoms with Crippen LogP contribution in [0.25, 0.3) is 35.1 Å². The predicted molar refractivity (Wildman–Crippen MR) is 299 cm³/mol. The number of anilines is 6. The van der Waals surface area contributed by atoms with Gasteiger partial charge in [-0.25, -0.2) is 0 Å². The van der Waals surface area contributed by atoms with Crippen molar-refractivity contribution in [1.82, 2.24) is 0 Å². The number of nitrogens with zero attached hydrogens (tertiary/aromatic N) is 2. The maximum atomic E-state index is 2.41. The van der Waals surface area contributed by atoms with Crippen LogP contribution in [0.3, 0.4) is 0 Å². The summed E-state index contributed by atoms with van der Waals surface area (Å²) in [7, 11) is 0. The minimum atomic E-state index is 0.0418. The number of hydrogen-bond donors (Lipinski definition) is 0. The highest BCUT2D eigenvalue weighted by atomic mass is 15.2. The highest BCUT2D eigenvalue weighted by molar-refractivity contribution is 6.07. The monoisotopic (exact) mass is 891 g/mol. The highest BCUT2D eigenvalue weighted by Crippen LogP contribution is 2.46. The van der Waals surface area contributed by atoms with Gasteiger partial charge in [0.15, 0.2) is 0 Å². The lowest BCUT2D eigenvalue weighted by Gasteiger charge is -2.31. The Morgan fingerprint density at radius 2 is 0.456 bits per heavy atom. The minimum Gasteiger partial charge on any atom is -0.310 e. The molecule has 0 aliphatic heterocycles. The highest BCUT2D eigenvalue weighted by Gasteiger charge is 2.23. The Morgan fingerprint density at radius 3 is 0.691 bits per heavy atom. The predicted octanol–water partition coefficient (Wildman–Crippen LogP) is 19.3. The standard InChI is InChI=1S/C66H70N2/c1-63(2,3)51-29-21-47(22-30-51)17-19-49-25-37-55(38-26-49)67(57-41-33-53(34-42-57)65(7,8)9)61-45-46-62(60-16-14-13-15-59(60)61)68(58-43-35-54(36-44-58)66(10,11)12)56-39-27-50(28-40-56)20-18-48-23-31-52(32-24-48)64(4,5)6/h13-46H,1-12H3. The third-order valence-electron chi connectivity index (χ3n) is 13.1. The molecule has 0 saturated carbocycles. The smallest absolute Gasteiger partial charge is 0.0541 e. The van der Waals surface area contributed by atoms with E-state index in [1.807, 2.05) is 0 Å². The molecule has 2 nitrogen and oxygen atoms in total. The van der Waals surface area contributed by atoms with Gasteiger partial charge >= 0.3 is 0 Å². The van der Waals surface area contributed by atoms with Crippen LogP contribution in [0.2, 0.25) is 0 Å². The van der Waals surface area contributed by atoms with Crippen molar-refractivity contribution in [3.63, 3.8) is 0 Å². The Labute approximate surface area is 408 Å². The summed E-state index contributed by atoms with van der Waals surface area (Å²) in [5.74, 6) is 0. The first-order chi connectivity index (χ1) is 32.2. The minimum absolute atomic E-state index is 0.0418. The van der Waals surface area contributed by atoms with Gasteiger partial charge in [-0.15, -0.1) is 0 Å². The average Bonchev–Trinajstić information content (AvgIpc) is 3.31. The van der Waals surface area contributed by atoms with Crippen LogP contribution in [-0.2, 0) is 21.7 Å². The van der Waals surface area contributed by atoms with E-state index in [0.29, 0.717) is 0 Å². The summed E-state index contributed by atoms with van der Waals surface area (Å²) < 4.78 is 0. The molecule has 0 fully saturated rings. The molecular weight excluding hydrogens is 821 g/mol. The van der Waals surface area contributed by atoms with Gasteiger partial charge in [0.25, 0.3) is 0 Å². The first-order valence-corrected chi connectivity index (χ1v) is 24.3. The summed E-state index contributed by atoms with van der Waals surface area (Å²) in [5.41, 5.74) is 17.0. The van der Waals surface area contributed by atoms with E-state index in [1.54, 1.807) is 0 Å². The van der Waals surface area contributed by atoms with E-state index in [2.05, 4.69) is 299 Å². The second-order valence-corrected chi connectivity index (χ2v) is 22.5. The fourth-order valence-corrected chi connectivity index (χ4v) is 8.78. The topological polar surface area (TPSA) is 6.48 Å². The molecule has 68 heavy (non-hydrogen) atoms. The van der Waals surface area contributed by atoms with Crippen molar-refractivity contribution < 1.29 is 0 Å². The maximum Gasteiger partial charge on any atom is 0.0541 e. The van der Waals surface area contributed by atoms with E-state index in [9.17, 15) is 0 Å². The fraction of sp³-hybridized carbons (Fsp3) is 0.242. The first kappa shape index (κ1) is 47.6. The fourth-order valence-electron chi connectivity index (χ4n) is 8.78. The zero-order valence-corrected chi connectivity index (χ0v) is 42.5. The van der Waals surface area contributed by atoms with E-state index in [4.69, 9.17) is 0 Å². The van der Waals surface area contributed by atoms with Crippen LogP contribution in [0.15, 0.2) is 182 Å². The van der Waals surface area contributed by atoms with Gasteiger partial charge < -0.3 is 9.80 Å². The van der Waals surface area contributed by atoms with Crippen LogP contribution in [0.4, 0.5) is 34.1 Å². The van der Waals surface area contributed by atoms with Crippen molar-refractivity contribution in [2.24, 2.45) is 0 Å². The van der Waals surface area contributed by atoms with Crippen LogP contribution in [-0.4, -0.2) is 0 Å². The summed E-state index contributed by atoms with van der Waals surface area (Å²) in [5, 5.41) is 2.34. The van der Waals surface area contributed by atoms with Gasteiger partial charge in [0.2, 0.25) is 0 Å². The molecule has 8 aromatic rings. The lowest BCUT2D eigenvalue weighted by atomic mass is 9.86. The average molecular weight is 891 g/mol. The van der Waals surface area contributed by atoms with Gasteiger partial charge in [0, 0.05) is 33.5 Å². The molecule has 0 heterocycles. The summed E-state index contributed by atoms with van der Waals surface area (Å²) in [6.07, 6.45) is 8.82. The molecule has 0 atom stereocenters. The first-order valence-electron chi connectivity index (χ1n) is 24.3. The van der Waals surface area contributed by atoms with Crippen molar-refractivity contribution in [1.29, 1.82) is 0 Å². The summed E-state index contributed by atoms with van der Waals surface area (Å²) in [6.45, 7) is 27.2. The van der Waals surface area contributed by atoms with Crippen molar-refractivity contribution in [3.8, 4) is 0 Å². The van der Waals surface area contributed by atoms with Crippen molar-refractivity contribution in [2.45, 2.75) is 105 Å². The summed E-state index contributed by atoms with van der Waals surface area (Å²) in [4.78, 5) is 4.83. The van der Waals surface area contributed by atoms with Gasteiger partial charge in [-0.1, -0.05) is 229 Å². The number of hydrogen-bond acceptors (Lipinski definition) is 2. The van der Waals surface area contributed by atoms with Gasteiger partial charge in [0.05, 0.1) is 11.4 Å². The molecule has 8 rings (SSSR count). The SMILES string of the molecule is CC(C)(C)c1ccc(C=Cc2ccc(N(c3ccc(C(C)(C)C)cc3)c3ccc(N(c4ccc(C=Cc5ccc(C(C)(C)C)cc5)cc4)c4ccc(C(C)(C)C)cc4)c4ccccc34)cc2)cc1. The molecular formula is C66H70N2. The van der Waals surface area contributed by atoms with E-state index < -0.39 is 0 Å². The largest absolute Gasteiger partial charge is 0.310 e. The van der Waals surface area contributed by atoms with Crippen LogP contribution in [0, 0.1) is 0 Å². The Kier molecular flexibility index (Phi) is 13.3. The van der Waals surface area contributed by atoms with Crippen molar-refractivity contribution >= 4 is 69.2 Å². The lowest BCUT2D eigenvalue weighted by Crippen LogP contribution is -2.15. The van der Waals surface area contributed by atoms with Gasteiger partial charge in [0.1, 0.15) is 0 Å². The van der Waals surface area contributed by atoms with Crippen molar-refractivity contribution in [3.05, 3.63) is 226 Å². The van der Waals surface area contributed by atoms with E-state index in [0.717, 1.165) is 45.3 Å². The Morgan fingerprint density at radius 1 is 0.250 bits per heavy atom. The number of fused-ring (bicyclic) bond motifs is 1. The Bertz CT molecular complexity index is 2800. The molecule has 0 aliphatic carbocycles. The van der Waals surface area contributed by atoms with Crippen LogP contribution < -0.4 is 9.80 Å². The Hall–Kier alpha value is -6.90. The maximum absolute atomic E-state index is 2.41. The molecule has 344 valence electrons. The molecule has 0 bridgehead atoms. The second-order valence-electron chi connectivity index (χ2n) is 22.5. The van der Waals surface area contributed by atoms with E-state index in [-0.39, 0.29) is 21.7 Å². The van der Waals surface area contributed by atoms with Crippen LogP contribution in [0.5, 0.6) is 0 Å². The summed E-state index contributed by atoms with van der Waals surface area (Å²) >= 11 is 0. The quantitative estimate of drug-likeness (QED) is 0.126. The van der Waals surface area contributed by atoms with Gasteiger partial charge in [-0.3, -0.25) is 0 Å². The molecule has 0 unspecified atom stereocenters. The van der Waals surface area contributed by atoms with Crippen molar-refractivity contribution in [2.75, 3.05) is 9.80 Å². The van der Waals surface area contributed by atoms with E-state index in [1.165, 1.54) is 44.2 Å². The molecule has 0 amide bonds. The summed E-state index contributed by atoms with van der Waals surface area (Å²) in [6, 6.07) is 67.5. The molecule has 0 N–H and O–H groups in total. The number of rotatable bonds is 10. The molecule has 0 spiro atoms. The normalized spacial score (nSPS) is 12.6. The third-order valence-corrected chi connectivity index (χ3v) is 13.1. The number of benzene rings is 8. The molecule has 0 radical (unpaired) electrons. The Balaban J connectivity index is 1.20. The molecule has 8 aromatic carbocycles. The van der Waals surface area contributed by atoms with Crippen LogP contribution >= 0.6 is 0 Å². The zero-order chi connectivity index (χ0) is 48.4. The third kappa shape index (κ3) is 10.9.